The van der Waals surface area contributed by atoms with Gasteiger partial charge in [0.15, 0.2) is 17.5 Å². The molecule has 0 fully saturated rings. The van der Waals surface area contributed by atoms with Crippen molar-refractivity contribution in [3.8, 4) is 0 Å². The first-order valence-electron chi connectivity index (χ1n) is 4.97. The predicted molar refractivity (Wildman–Crippen MR) is 61.7 cm³/mol. The van der Waals surface area contributed by atoms with Crippen LogP contribution in [-0.4, -0.2) is 20.3 Å². The highest BCUT2D eigenvalue weighted by molar-refractivity contribution is 6.34. The van der Waals surface area contributed by atoms with E-state index in [0.717, 1.165) is 5.39 Å². The van der Waals surface area contributed by atoms with Crippen LogP contribution in [0.15, 0.2) is 35.0 Å². The van der Waals surface area contributed by atoms with Gasteiger partial charge in [-0.25, -0.2) is 4.98 Å². The lowest BCUT2D eigenvalue weighted by Crippen LogP contribution is -2.00. The molecule has 3 rings (SSSR count). The van der Waals surface area contributed by atoms with E-state index in [4.69, 9.17) is 16.0 Å². The van der Waals surface area contributed by atoms with Crippen molar-refractivity contribution in [1.82, 2.24) is 15.2 Å². The van der Waals surface area contributed by atoms with Crippen LogP contribution in [0.1, 0.15) is 17.7 Å². The van der Waals surface area contributed by atoms with Gasteiger partial charge in [-0.1, -0.05) is 23.7 Å². The van der Waals surface area contributed by atoms with Gasteiger partial charge in [-0.3, -0.25) is 5.10 Å². The molecule has 0 spiro atoms. The van der Waals surface area contributed by atoms with Crippen LogP contribution in [-0.2, 0) is 0 Å². The van der Waals surface area contributed by atoms with E-state index in [9.17, 15) is 5.11 Å². The second-order valence-electron chi connectivity index (χ2n) is 3.58. The standard InChI is InChI=1S/C11H8ClN3O2/c12-7-3-1-2-6-4-8(17-10(6)7)9(16)11-13-5-14-15-11/h1-5,9,16H,(H,13,14,15). The van der Waals surface area contributed by atoms with Crippen molar-refractivity contribution in [2.75, 3.05) is 0 Å². The van der Waals surface area contributed by atoms with Crippen molar-refractivity contribution in [3.63, 3.8) is 0 Å². The van der Waals surface area contributed by atoms with Crippen LogP contribution < -0.4 is 0 Å². The fourth-order valence-electron chi connectivity index (χ4n) is 1.66. The minimum Gasteiger partial charge on any atom is -0.456 e. The van der Waals surface area contributed by atoms with Gasteiger partial charge in [-0.2, -0.15) is 5.10 Å². The van der Waals surface area contributed by atoms with Gasteiger partial charge in [-0.15, -0.1) is 0 Å². The third-order valence-electron chi connectivity index (χ3n) is 2.48. The molecule has 0 bridgehead atoms. The first-order chi connectivity index (χ1) is 8.25. The Morgan fingerprint density at radius 3 is 3.00 bits per heavy atom. The van der Waals surface area contributed by atoms with E-state index in [2.05, 4.69) is 15.2 Å². The Balaban J connectivity index is 2.10. The molecule has 5 nitrogen and oxygen atoms in total. The van der Waals surface area contributed by atoms with E-state index in [1.54, 1.807) is 12.1 Å². The molecule has 17 heavy (non-hydrogen) atoms. The Bertz CT molecular complexity index is 648. The number of para-hydroxylation sites is 1. The van der Waals surface area contributed by atoms with Crippen LogP contribution in [0.4, 0.5) is 0 Å². The summed E-state index contributed by atoms with van der Waals surface area (Å²) in [4.78, 5) is 3.88. The van der Waals surface area contributed by atoms with Gasteiger partial charge >= 0.3 is 0 Å². The molecular weight excluding hydrogens is 242 g/mol. The topological polar surface area (TPSA) is 74.9 Å². The molecule has 0 aliphatic heterocycles. The van der Waals surface area contributed by atoms with E-state index >= 15 is 0 Å². The molecular formula is C11H8ClN3O2. The van der Waals surface area contributed by atoms with Gasteiger partial charge in [0.25, 0.3) is 0 Å². The number of furan rings is 1. The summed E-state index contributed by atoms with van der Waals surface area (Å²) in [5, 5.41) is 17.6. The smallest absolute Gasteiger partial charge is 0.171 e. The van der Waals surface area contributed by atoms with E-state index in [1.165, 1.54) is 6.33 Å². The third kappa shape index (κ3) is 1.69. The second-order valence-corrected chi connectivity index (χ2v) is 3.99. The number of nitrogens with one attached hydrogen (secondary N) is 1. The van der Waals surface area contributed by atoms with Crippen LogP contribution in [0.3, 0.4) is 0 Å². The number of aliphatic hydroxyl groups is 1. The van der Waals surface area contributed by atoms with Crippen LogP contribution in [0, 0.1) is 0 Å². The van der Waals surface area contributed by atoms with Crippen molar-refractivity contribution in [3.05, 3.63) is 47.2 Å². The molecule has 0 saturated heterocycles. The summed E-state index contributed by atoms with van der Waals surface area (Å²) in [5.74, 6) is 0.713. The number of halogens is 1. The Morgan fingerprint density at radius 2 is 2.29 bits per heavy atom. The SMILES string of the molecule is OC(c1ncn[nH]1)c1cc2cccc(Cl)c2o1. The van der Waals surface area contributed by atoms with Crippen LogP contribution in [0.2, 0.25) is 5.02 Å². The first-order valence-corrected chi connectivity index (χ1v) is 5.35. The predicted octanol–water partition coefficient (Wildman–Crippen LogP) is 2.29. The minimum absolute atomic E-state index is 0.333. The zero-order valence-electron chi connectivity index (χ0n) is 8.59. The summed E-state index contributed by atoms with van der Waals surface area (Å²) in [6.07, 6.45) is 0.356. The average molecular weight is 250 g/mol. The lowest BCUT2D eigenvalue weighted by Gasteiger charge is -2.01. The summed E-state index contributed by atoms with van der Waals surface area (Å²) in [6.45, 7) is 0. The quantitative estimate of drug-likeness (QED) is 0.731. The Hall–Kier alpha value is -1.85. The number of aromatic nitrogens is 3. The fourth-order valence-corrected chi connectivity index (χ4v) is 1.88. The number of fused-ring (bicyclic) bond motifs is 1. The van der Waals surface area contributed by atoms with E-state index < -0.39 is 6.10 Å². The highest BCUT2D eigenvalue weighted by Crippen LogP contribution is 2.30. The highest BCUT2D eigenvalue weighted by atomic mass is 35.5. The number of H-pyrrole nitrogens is 1. The molecule has 2 aromatic heterocycles. The van der Waals surface area contributed by atoms with E-state index in [0.29, 0.717) is 22.2 Å². The molecule has 0 saturated carbocycles. The van der Waals surface area contributed by atoms with Crippen molar-refractivity contribution >= 4 is 22.6 Å². The van der Waals surface area contributed by atoms with Crippen LogP contribution >= 0.6 is 11.6 Å². The van der Waals surface area contributed by atoms with Crippen molar-refractivity contribution < 1.29 is 9.52 Å². The monoisotopic (exact) mass is 249 g/mol. The molecule has 0 aliphatic rings. The Kier molecular flexibility index (Phi) is 2.35. The molecule has 1 atom stereocenters. The molecule has 2 heterocycles. The normalized spacial score (nSPS) is 13.1. The Morgan fingerprint density at radius 1 is 1.41 bits per heavy atom. The largest absolute Gasteiger partial charge is 0.456 e. The zero-order valence-corrected chi connectivity index (χ0v) is 9.35. The molecule has 1 unspecified atom stereocenters. The van der Waals surface area contributed by atoms with Gasteiger partial charge in [0.05, 0.1) is 5.02 Å². The van der Waals surface area contributed by atoms with E-state index in [-0.39, 0.29) is 0 Å². The number of benzene rings is 1. The molecule has 0 radical (unpaired) electrons. The Labute approximate surface area is 101 Å². The van der Waals surface area contributed by atoms with Gasteiger partial charge in [0, 0.05) is 5.39 Å². The summed E-state index contributed by atoms with van der Waals surface area (Å²) >= 11 is 5.99. The maximum absolute atomic E-state index is 10.0. The van der Waals surface area contributed by atoms with Crippen LogP contribution in [0.25, 0.3) is 11.0 Å². The van der Waals surface area contributed by atoms with Crippen molar-refractivity contribution in [2.45, 2.75) is 6.10 Å². The number of aliphatic hydroxyl groups excluding tert-OH is 1. The first kappa shape index (κ1) is 10.3. The van der Waals surface area contributed by atoms with Crippen LogP contribution in [0.5, 0.6) is 0 Å². The summed E-state index contributed by atoms with van der Waals surface area (Å²) in [6, 6.07) is 7.15. The molecule has 1 aromatic carbocycles. The zero-order chi connectivity index (χ0) is 11.8. The molecule has 3 aromatic rings. The number of hydrogen-bond acceptors (Lipinski definition) is 4. The second kappa shape index (κ2) is 3.87. The van der Waals surface area contributed by atoms with E-state index in [1.807, 2.05) is 12.1 Å². The fraction of sp³-hybridized carbons (Fsp3) is 0.0909. The van der Waals surface area contributed by atoms with Gasteiger partial charge < -0.3 is 9.52 Å². The van der Waals surface area contributed by atoms with Gasteiger partial charge in [-0.05, 0) is 12.1 Å². The number of nitrogens with zero attached hydrogens (tertiary/aromatic N) is 2. The average Bonchev–Trinajstić information content (AvgIpc) is 2.98. The lowest BCUT2D eigenvalue weighted by atomic mass is 10.2. The lowest BCUT2D eigenvalue weighted by molar-refractivity contribution is 0.183. The van der Waals surface area contributed by atoms with Crippen molar-refractivity contribution in [2.24, 2.45) is 0 Å². The molecule has 0 aliphatic carbocycles. The maximum Gasteiger partial charge on any atom is 0.171 e. The molecule has 86 valence electrons. The van der Waals surface area contributed by atoms with Gasteiger partial charge in [0.2, 0.25) is 0 Å². The number of rotatable bonds is 2. The summed E-state index contributed by atoms with van der Waals surface area (Å²) in [5.41, 5.74) is 0.558. The maximum atomic E-state index is 10.0. The van der Waals surface area contributed by atoms with Crippen molar-refractivity contribution in [1.29, 1.82) is 0 Å². The van der Waals surface area contributed by atoms with Gasteiger partial charge in [0.1, 0.15) is 12.1 Å². The molecule has 6 heteroatoms. The number of aromatic amines is 1. The third-order valence-corrected chi connectivity index (χ3v) is 2.77. The minimum atomic E-state index is -0.971. The highest BCUT2D eigenvalue weighted by Gasteiger charge is 2.18. The molecule has 0 amide bonds. The molecule has 2 N–H and O–H groups in total. The summed E-state index contributed by atoms with van der Waals surface area (Å²) in [7, 11) is 0. The summed E-state index contributed by atoms with van der Waals surface area (Å²) < 4.78 is 5.51. The number of hydrogen-bond donors (Lipinski definition) is 2.